The predicted octanol–water partition coefficient (Wildman–Crippen LogP) is 4.16. The smallest absolute Gasteiger partial charge is 0.283 e. The molecule has 1 saturated carbocycles. The highest BCUT2D eigenvalue weighted by Gasteiger charge is 2.64. The molecule has 0 radical (unpaired) electrons. The summed E-state index contributed by atoms with van der Waals surface area (Å²) in [5.41, 5.74) is 3.62. The van der Waals surface area contributed by atoms with Crippen LogP contribution in [-0.4, -0.2) is 24.3 Å². The fourth-order valence-electron chi connectivity index (χ4n) is 3.53. The highest BCUT2D eigenvalue weighted by Crippen LogP contribution is 2.56. The number of alkyl halides is 2. The van der Waals surface area contributed by atoms with Gasteiger partial charge in [-0.15, -0.1) is 11.3 Å². The Hall–Kier alpha value is -2.06. The van der Waals surface area contributed by atoms with Gasteiger partial charge in [0.1, 0.15) is 11.9 Å². The summed E-state index contributed by atoms with van der Waals surface area (Å²) in [6.45, 7) is 0. The largest absolute Gasteiger partial charge is 0.462 e. The zero-order valence-corrected chi connectivity index (χ0v) is 15.4. The van der Waals surface area contributed by atoms with E-state index < -0.39 is 29.8 Å². The van der Waals surface area contributed by atoms with Crippen LogP contribution in [0.3, 0.4) is 0 Å². The molecule has 1 aliphatic heterocycles. The maximum atomic E-state index is 14.6. The van der Waals surface area contributed by atoms with E-state index in [9.17, 15) is 18.0 Å². The normalized spacial score (nSPS) is 26.3. The van der Waals surface area contributed by atoms with Gasteiger partial charge in [-0.1, -0.05) is 17.7 Å². The van der Waals surface area contributed by atoms with E-state index in [2.05, 4.69) is 4.99 Å². The number of ketones is 1. The Morgan fingerprint density at radius 2 is 2.19 bits per heavy atom. The summed E-state index contributed by atoms with van der Waals surface area (Å²) >= 11 is 6.97. The number of nitrogens with zero attached hydrogens (tertiary/aromatic N) is 1. The number of nitrogens with two attached hydrogens (primary N) is 1. The molecule has 0 bridgehead atoms. The quantitative estimate of drug-likeness (QED) is 0.747. The molecule has 1 aromatic heterocycles. The van der Waals surface area contributed by atoms with Crippen molar-refractivity contribution in [3.05, 3.63) is 56.5 Å². The molecular formula is C18H14ClF3N2O2S. The number of amidine groups is 1. The number of thiophene rings is 1. The molecule has 2 heterocycles. The van der Waals surface area contributed by atoms with Crippen LogP contribution in [-0.2, 0) is 16.7 Å². The van der Waals surface area contributed by atoms with Crippen LogP contribution in [0.2, 0.25) is 4.34 Å². The van der Waals surface area contributed by atoms with Crippen molar-refractivity contribution < 1.29 is 22.7 Å². The maximum absolute atomic E-state index is 14.6. The summed E-state index contributed by atoms with van der Waals surface area (Å²) in [5, 5.41) is 0. The van der Waals surface area contributed by atoms with Crippen LogP contribution < -0.4 is 5.73 Å². The molecule has 27 heavy (non-hydrogen) atoms. The number of ether oxygens (including phenoxy) is 1. The summed E-state index contributed by atoms with van der Waals surface area (Å²) in [6.07, 6.45) is -3.20. The number of Topliss-reactive ketones (excluding diaryl/α,β-unsaturated/α-hetero) is 1. The highest BCUT2D eigenvalue weighted by atomic mass is 35.5. The third-order valence-corrected chi connectivity index (χ3v) is 6.14. The molecule has 1 fully saturated rings. The van der Waals surface area contributed by atoms with Crippen LogP contribution in [0, 0.1) is 11.7 Å². The van der Waals surface area contributed by atoms with Crippen LogP contribution in [0.4, 0.5) is 13.2 Å². The van der Waals surface area contributed by atoms with E-state index in [0.29, 0.717) is 21.2 Å². The van der Waals surface area contributed by atoms with Gasteiger partial charge in [-0.05, 0) is 36.2 Å². The molecule has 2 aliphatic rings. The first-order valence-electron chi connectivity index (χ1n) is 8.19. The minimum atomic E-state index is -2.97. The van der Waals surface area contributed by atoms with Crippen molar-refractivity contribution in [2.24, 2.45) is 16.6 Å². The third kappa shape index (κ3) is 3.10. The molecule has 0 amide bonds. The summed E-state index contributed by atoms with van der Waals surface area (Å²) < 4.78 is 48.4. The molecule has 2 N–H and O–H groups in total. The van der Waals surface area contributed by atoms with Gasteiger partial charge < -0.3 is 10.5 Å². The molecular weight excluding hydrogens is 401 g/mol. The monoisotopic (exact) mass is 414 g/mol. The van der Waals surface area contributed by atoms with Gasteiger partial charge in [0.15, 0.2) is 11.3 Å². The van der Waals surface area contributed by atoms with E-state index in [1.807, 2.05) is 0 Å². The first kappa shape index (κ1) is 18.3. The lowest BCUT2D eigenvalue weighted by Crippen LogP contribution is -2.43. The van der Waals surface area contributed by atoms with E-state index in [-0.39, 0.29) is 23.8 Å². The van der Waals surface area contributed by atoms with Gasteiger partial charge in [-0.25, -0.2) is 18.2 Å². The number of hydrogen-bond donors (Lipinski definition) is 1. The Balaban J connectivity index is 1.72. The second-order valence-electron chi connectivity index (χ2n) is 6.59. The molecule has 1 aliphatic carbocycles. The van der Waals surface area contributed by atoms with Crippen LogP contribution in [0.5, 0.6) is 0 Å². The number of halogens is 4. The summed E-state index contributed by atoms with van der Waals surface area (Å²) in [7, 11) is 0. The minimum Gasteiger partial charge on any atom is -0.462 e. The Morgan fingerprint density at radius 3 is 2.85 bits per heavy atom. The molecule has 1 aromatic carbocycles. The standard InChI is InChI=1S/C18H14ClF3N2O2S/c19-15-4-3-14(27-15)12(25)6-8-1-2-11(20)9(5-8)18(16(21)22)10-7-13(10)26-17(23)24-18/h1-5,10,13,16H,6-7H2,(H2,23,24)/t10-,13+,18+/m0/s1. The minimum absolute atomic E-state index is 0.0623. The second kappa shape index (κ2) is 6.53. The number of carbonyl (C=O) groups is 1. The van der Waals surface area contributed by atoms with Gasteiger partial charge in [-0.3, -0.25) is 4.79 Å². The number of rotatable bonds is 5. The molecule has 4 nitrogen and oxygen atoms in total. The van der Waals surface area contributed by atoms with Gasteiger partial charge in [0.25, 0.3) is 12.4 Å². The number of aliphatic imine (C=N–C) groups is 1. The van der Waals surface area contributed by atoms with Crippen LogP contribution in [0.25, 0.3) is 0 Å². The van der Waals surface area contributed by atoms with E-state index in [1.54, 1.807) is 12.1 Å². The van der Waals surface area contributed by atoms with Gasteiger partial charge in [-0.2, -0.15) is 0 Å². The SMILES string of the molecule is NC1=N[C@@](c2cc(CC(=O)c3ccc(Cl)s3)ccc2F)(C(F)F)[C@H]2C[C@H]2O1. The van der Waals surface area contributed by atoms with E-state index in [1.165, 1.54) is 12.1 Å². The first-order chi connectivity index (χ1) is 12.8. The zero-order valence-electron chi connectivity index (χ0n) is 13.8. The number of carbonyl (C=O) groups excluding carboxylic acids is 1. The molecule has 2 aromatic rings. The lowest BCUT2D eigenvalue weighted by molar-refractivity contribution is 0.0176. The van der Waals surface area contributed by atoms with Crippen LogP contribution in [0.15, 0.2) is 35.3 Å². The molecule has 4 rings (SSSR count). The summed E-state index contributed by atoms with van der Waals surface area (Å²) in [6, 6.07) is 6.60. The van der Waals surface area contributed by atoms with E-state index >= 15 is 0 Å². The van der Waals surface area contributed by atoms with E-state index in [0.717, 1.165) is 17.4 Å². The zero-order chi connectivity index (χ0) is 19.3. The average molecular weight is 415 g/mol. The van der Waals surface area contributed by atoms with Gasteiger partial charge >= 0.3 is 0 Å². The van der Waals surface area contributed by atoms with Crippen molar-refractivity contribution in [2.75, 3.05) is 0 Å². The van der Waals surface area contributed by atoms with Crippen molar-refractivity contribution in [1.29, 1.82) is 0 Å². The fourth-order valence-corrected chi connectivity index (χ4v) is 4.51. The Morgan fingerprint density at radius 1 is 1.41 bits per heavy atom. The number of hydrogen-bond acceptors (Lipinski definition) is 5. The van der Waals surface area contributed by atoms with Crippen molar-refractivity contribution in [1.82, 2.24) is 0 Å². The average Bonchev–Trinajstić information content (AvgIpc) is 3.26. The van der Waals surface area contributed by atoms with Gasteiger partial charge in [0.05, 0.1) is 9.21 Å². The fraction of sp³-hybridized carbons (Fsp3) is 0.333. The molecule has 9 heteroatoms. The number of fused-ring (bicyclic) bond motifs is 1. The van der Waals surface area contributed by atoms with Crippen LogP contribution in [0.1, 0.15) is 27.2 Å². The molecule has 0 unspecified atom stereocenters. The van der Waals surface area contributed by atoms with Crippen molar-refractivity contribution in [2.45, 2.75) is 30.9 Å². The molecule has 0 spiro atoms. The summed E-state index contributed by atoms with van der Waals surface area (Å²) in [4.78, 5) is 16.7. The topological polar surface area (TPSA) is 64.7 Å². The van der Waals surface area contributed by atoms with Crippen LogP contribution >= 0.6 is 22.9 Å². The van der Waals surface area contributed by atoms with Crippen molar-refractivity contribution in [3.63, 3.8) is 0 Å². The lowest BCUT2D eigenvalue weighted by atomic mass is 9.83. The van der Waals surface area contributed by atoms with Gasteiger partial charge in [0.2, 0.25) is 0 Å². The molecule has 142 valence electrons. The number of benzene rings is 1. The molecule has 0 saturated heterocycles. The van der Waals surface area contributed by atoms with Gasteiger partial charge in [0, 0.05) is 17.9 Å². The van der Waals surface area contributed by atoms with Crippen molar-refractivity contribution in [3.8, 4) is 0 Å². The maximum Gasteiger partial charge on any atom is 0.283 e. The predicted molar refractivity (Wildman–Crippen MR) is 96.0 cm³/mol. The Labute approximate surface area is 161 Å². The highest BCUT2D eigenvalue weighted by molar-refractivity contribution is 7.18. The second-order valence-corrected chi connectivity index (χ2v) is 8.31. The summed E-state index contributed by atoms with van der Waals surface area (Å²) in [5.74, 6) is -1.69. The van der Waals surface area contributed by atoms with Crippen molar-refractivity contribution >= 4 is 34.7 Å². The van der Waals surface area contributed by atoms with E-state index in [4.69, 9.17) is 22.1 Å². The lowest BCUT2D eigenvalue weighted by Gasteiger charge is -2.33. The molecule has 3 atom stereocenters. The first-order valence-corrected chi connectivity index (χ1v) is 9.38. The third-order valence-electron chi connectivity index (χ3n) is 4.87. The Kier molecular flexibility index (Phi) is 4.43. The Bertz CT molecular complexity index is 948.